The van der Waals surface area contributed by atoms with Gasteiger partial charge in [-0.15, -0.1) is 0 Å². The first-order chi connectivity index (χ1) is 5.77. The van der Waals surface area contributed by atoms with Gasteiger partial charge in [0, 0.05) is 6.92 Å². The van der Waals surface area contributed by atoms with E-state index in [1.165, 1.54) is 0 Å². The average Bonchev–Trinajstić information content (AvgIpc) is 2.33. The molecular weight excluding hydrogens is 154 g/mol. The van der Waals surface area contributed by atoms with Crippen LogP contribution in [-0.4, -0.2) is 10.1 Å². The summed E-state index contributed by atoms with van der Waals surface area (Å²) in [6, 6.07) is 0. The molecule has 0 atom stereocenters. The highest BCUT2D eigenvalue weighted by Gasteiger charge is 2.13. The molecule has 1 aromatic heterocycles. The fraction of sp³-hybridized carbons (Fsp3) is 0.222. The summed E-state index contributed by atoms with van der Waals surface area (Å²) in [6.07, 6.45) is 6.18. The Kier molecular flexibility index (Phi) is 1.50. The van der Waals surface area contributed by atoms with Crippen LogP contribution in [-0.2, 0) is 0 Å². The molecule has 2 rings (SSSR count). The zero-order valence-electron chi connectivity index (χ0n) is 6.74. The molecule has 0 spiro atoms. The number of aliphatic hydroxyl groups is 1. The van der Waals surface area contributed by atoms with E-state index in [1.54, 1.807) is 13.0 Å². The van der Waals surface area contributed by atoms with Crippen molar-refractivity contribution in [2.24, 2.45) is 0 Å². The van der Waals surface area contributed by atoms with Crippen LogP contribution < -0.4 is 0 Å². The Hall–Kier alpha value is -1.51. The molecule has 12 heavy (non-hydrogen) atoms. The van der Waals surface area contributed by atoms with Crippen molar-refractivity contribution in [3.63, 3.8) is 0 Å². The van der Waals surface area contributed by atoms with Crippen LogP contribution in [0, 0.1) is 6.92 Å². The van der Waals surface area contributed by atoms with E-state index >= 15 is 0 Å². The van der Waals surface area contributed by atoms with Crippen LogP contribution in [0.4, 0.5) is 0 Å². The number of allylic oxidation sites excluding steroid dienone is 2. The van der Waals surface area contributed by atoms with Gasteiger partial charge in [0.05, 0.1) is 0 Å². The summed E-state index contributed by atoms with van der Waals surface area (Å²) in [7, 11) is 0. The summed E-state index contributed by atoms with van der Waals surface area (Å²) >= 11 is 0. The number of nitrogens with zero attached hydrogens (tertiary/aromatic N) is 1. The molecule has 3 heteroatoms. The second kappa shape index (κ2) is 2.52. The second-order valence-electron chi connectivity index (χ2n) is 2.67. The van der Waals surface area contributed by atoms with Gasteiger partial charge in [-0.25, -0.2) is 4.98 Å². The highest BCUT2D eigenvalue weighted by atomic mass is 16.4. The smallest absolute Gasteiger partial charge is 0.192 e. The van der Waals surface area contributed by atoms with E-state index in [0.717, 1.165) is 6.42 Å². The van der Waals surface area contributed by atoms with Crippen LogP contribution in [0.5, 0.6) is 0 Å². The van der Waals surface area contributed by atoms with Crippen LogP contribution in [0.15, 0.2) is 16.6 Å². The standard InChI is InChI=1S/C9H9NO2/c1-6-10-9-7(11)4-2-3-5-8(9)12-6/h3-5,11H,2H2,1H3. The molecule has 0 saturated carbocycles. The summed E-state index contributed by atoms with van der Waals surface area (Å²) < 4.78 is 5.26. The van der Waals surface area contributed by atoms with Gasteiger partial charge in [0.15, 0.2) is 17.3 Å². The Morgan fingerprint density at radius 3 is 3.25 bits per heavy atom. The minimum Gasteiger partial charge on any atom is -0.506 e. The molecular formula is C9H9NO2. The van der Waals surface area contributed by atoms with Gasteiger partial charge in [0.1, 0.15) is 5.76 Å². The third-order valence-electron chi connectivity index (χ3n) is 1.72. The lowest BCUT2D eigenvalue weighted by atomic mass is 10.3. The molecule has 1 heterocycles. The fourth-order valence-corrected chi connectivity index (χ4v) is 1.19. The molecule has 0 amide bonds. The lowest BCUT2D eigenvalue weighted by Gasteiger charge is -1.91. The highest BCUT2D eigenvalue weighted by Crippen LogP contribution is 2.22. The molecule has 62 valence electrons. The maximum Gasteiger partial charge on any atom is 0.192 e. The van der Waals surface area contributed by atoms with E-state index in [2.05, 4.69) is 4.98 Å². The van der Waals surface area contributed by atoms with Crippen molar-refractivity contribution in [3.05, 3.63) is 29.5 Å². The second-order valence-corrected chi connectivity index (χ2v) is 2.67. The molecule has 0 aromatic carbocycles. The van der Waals surface area contributed by atoms with Crippen molar-refractivity contribution in [3.8, 4) is 0 Å². The first-order valence-corrected chi connectivity index (χ1v) is 3.81. The Labute approximate surface area is 70.0 Å². The predicted octanol–water partition coefficient (Wildman–Crippen LogP) is 2.30. The first kappa shape index (κ1) is 7.16. The van der Waals surface area contributed by atoms with E-state index in [4.69, 9.17) is 4.42 Å². The number of aromatic nitrogens is 1. The predicted molar refractivity (Wildman–Crippen MR) is 45.5 cm³/mol. The third-order valence-corrected chi connectivity index (χ3v) is 1.72. The van der Waals surface area contributed by atoms with Gasteiger partial charge in [-0.05, 0) is 18.6 Å². The molecule has 1 N–H and O–H groups in total. The highest BCUT2D eigenvalue weighted by molar-refractivity contribution is 5.66. The third kappa shape index (κ3) is 1.03. The number of aryl methyl sites for hydroxylation is 1. The Balaban J connectivity index is 2.60. The SMILES string of the molecule is Cc1nc2c(o1)C=CCC=C2O. The zero-order chi connectivity index (χ0) is 8.55. The molecule has 1 aliphatic rings. The quantitative estimate of drug-likeness (QED) is 0.638. The van der Waals surface area contributed by atoms with Crippen LogP contribution >= 0.6 is 0 Å². The van der Waals surface area contributed by atoms with Crippen molar-refractivity contribution in [1.29, 1.82) is 0 Å². The van der Waals surface area contributed by atoms with Crippen LogP contribution in [0.25, 0.3) is 11.8 Å². The van der Waals surface area contributed by atoms with Crippen molar-refractivity contribution in [1.82, 2.24) is 4.98 Å². The lowest BCUT2D eigenvalue weighted by Crippen LogP contribution is -1.84. The van der Waals surface area contributed by atoms with Gasteiger partial charge in [-0.3, -0.25) is 0 Å². The van der Waals surface area contributed by atoms with Crippen LogP contribution in [0.2, 0.25) is 0 Å². The monoisotopic (exact) mass is 163 g/mol. The number of rotatable bonds is 0. The number of oxazole rings is 1. The van der Waals surface area contributed by atoms with E-state index < -0.39 is 0 Å². The molecule has 0 aliphatic heterocycles. The van der Waals surface area contributed by atoms with E-state index in [-0.39, 0.29) is 5.76 Å². The summed E-state index contributed by atoms with van der Waals surface area (Å²) in [5.41, 5.74) is 0.543. The summed E-state index contributed by atoms with van der Waals surface area (Å²) in [5.74, 6) is 1.41. The van der Waals surface area contributed by atoms with Gasteiger partial charge in [0.2, 0.25) is 0 Å². The Morgan fingerprint density at radius 2 is 2.42 bits per heavy atom. The van der Waals surface area contributed by atoms with Crippen molar-refractivity contribution in [2.45, 2.75) is 13.3 Å². The number of hydrogen-bond acceptors (Lipinski definition) is 3. The molecule has 3 nitrogen and oxygen atoms in total. The van der Waals surface area contributed by atoms with E-state index in [1.807, 2.05) is 12.2 Å². The van der Waals surface area contributed by atoms with E-state index in [9.17, 15) is 5.11 Å². The van der Waals surface area contributed by atoms with Gasteiger partial charge < -0.3 is 9.52 Å². The molecule has 0 radical (unpaired) electrons. The van der Waals surface area contributed by atoms with Crippen LogP contribution in [0.1, 0.15) is 23.8 Å². The average molecular weight is 163 g/mol. The van der Waals surface area contributed by atoms with Gasteiger partial charge in [-0.1, -0.05) is 6.08 Å². The molecule has 1 aromatic rings. The molecule has 0 unspecified atom stereocenters. The number of aliphatic hydroxyl groups excluding tert-OH is 1. The minimum atomic E-state index is 0.201. The Morgan fingerprint density at radius 1 is 1.58 bits per heavy atom. The van der Waals surface area contributed by atoms with Gasteiger partial charge in [0.25, 0.3) is 0 Å². The van der Waals surface area contributed by atoms with Gasteiger partial charge in [-0.2, -0.15) is 0 Å². The van der Waals surface area contributed by atoms with Gasteiger partial charge >= 0.3 is 0 Å². The maximum atomic E-state index is 9.45. The van der Waals surface area contributed by atoms with Crippen LogP contribution in [0.3, 0.4) is 0 Å². The molecule has 1 aliphatic carbocycles. The summed E-state index contributed by atoms with van der Waals surface area (Å²) in [5, 5.41) is 9.45. The number of fused-ring (bicyclic) bond motifs is 1. The Bertz CT molecular complexity index is 361. The number of hydrogen-bond donors (Lipinski definition) is 1. The molecule has 0 fully saturated rings. The van der Waals surface area contributed by atoms with Crippen molar-refractivity contribution in [2.75, 3.05) is 0 Å². The topological polar surface area (TPSA) is 46.3 Å². The largest absolute Gasteiger partial charge is 0.506 e. The molecule has 0 saturated heterocycles. The minimum absolute atomic E-state index is 0.201. The molecule has 0 bridgehead atoms. The first-order valence-electron chi connectivity index (χ1n) is 3.81. The summed E-state index contributed by atoms with van der Waals surface area (Å²) in [4.78, 5) is 4.06. The van der Waals surface area contributed by atoms with E-state index in [0.29, 0.717) is 17.3 Å². The maximum absolute atomic E-state index is 9.45. The van der Waals surface area contributed by atoms with Crippen molar-refractivity contribution < 1.29 is 9.52 Å². The lowest BCUT2D eigenvalue weighted by molar-refractivity contribution is 0.501. The van der Waals surface area contributed by atoms with Crippen molar-refractivity contribution >= 4 is 11.8 Å². The zero-order valence-corrected chi connectivity index (χ0v) is 6.74. The summed E-state index contributed by atoms with van der Waals surface area (Å²) in [6.45, 7) is 1.76. The fourth-order valence-electron chi connectivity index (χ4n) is 1.19. The normalized spacial score (nSPS) is 15.2.